The molecule has 10 nitrogen and oxygen atoms in total. The van der Waals surface area contributed by atoms with Gasteiger partial charge in [-0.15, -0.1) is 0 Å². The number of rotatable bonds is 10. The van der Waals surface area contributed by atoms with Crippen molar-refractivity contribution in [2.24, 2.45) is 0 Å². The van der Waals surface area contributed by atoms with Gasteiger partial charge in [-0.2, -0.15) is 0 Å². The number of benzene rings is 2. The first kappa shape index (κ1) is 25.5. The predicted octanol–water partition coefficient (Wildman–Crippen LogP) is 3.58. The second-order valence-electron chi connectivity index (χ2n) is 7.62. The van der Waals surface area contributed by atoms with E-state index in [1.165, 1.54) is 21.6 Å². The molecule has 0 unspecified atom stereocenters. The van der Waals surface area contributed by atoms with Gasteiger partial charge >= 0.3 is 5.76 Å². The number of halogens is 3. The minimum atomic E-state index is -1.72. The molecular formula is C22H21F3N4O6. The SMILES string of the molecule is CCCN(CC(=O)Nc1ccc(F)c(F)c1F)C(=O)CCCn1c(=O)oc2cc([N+](=O)[O-])ccc21. The molecule has 0 spiro atoms. The standard InChI is InChI=1S/C22H21F3N4O6/c1-2-9-27(12-18(30)26-15-7-6-14(23)20(24)21(15)25)19(31)4-3-10-28-16-8-5-13(29(33)34)11-17(16)35-22(28)32/h5-8,11H,2-4,9-10,12H2,1H3,(H,26,30). The van der Waals surface area contributed by atoms with Crippen molar-refractivity contribution < 1.29 is 32.1 Å². The van der Waals surface area contributed by atoms with Crippen LogP contribution < -0.4 is 11.1 Å². The van der Waals surface area contributed by atoms with Crippen molar-refractivity contribution in [1.29, 1.82) is 0 Å². The fourth-order valence-electron chi connectivity index (χ4n) is 3.47. The van der Waals surface area contributed by atoms with Crippen molar-refractivity contribution >= 4 is 34.3 Å². The lowest BCUT2D eigenvalue weighted by Gasteiger charge is -2.22. The Hall–Kier alpha value is -4.16. The molecule has 0 aliphatic carbocycles. The van der Waals surface area contributed by atoms with Crippen molar-refractivity contribution in [3.05, 3.63) is 68.4 Å². The number of amides is 2. The molecule has 13 heteroatoms. The highest BCUT2D eigenvalue weighted by atomic mass is 19.2. The summed E-state index contributed by atoms with van der Waals surface area (Å²) in [5.74, 6) is -6.60. The van der Waals surface area contributed by atoms with Crippen LogP contribution in [0.4, 0.5) is 24.5 Å². The monoisotopic (exact) mass is 494 g/mol. The minimum Gasteiger partial charge on any atom is -0.407 e. The number of anilines is 1. The van der Waals surface area contributed by atoms with Gasteiger partial charge in [-0.25, -0.2) is 18.0 Å². The fraction of sp³-hybridized carbons (Fsp3) is 0.318. The number of oxazole rings is 1. The Balaban J connectivity index is 1.62. The number of nitrogens with zero attached hydrogens (tertiary/aromatic N) is 3. The molecule has 186 valence electrons. The van der Waals surface area contributed by atoms with E-state index in [1.54, 1.807) is 6.92 Å². The highest BCUT2D eigenvalue weighted by Crippen LogP contribution is 2.21. The molecule has 0 saturated heterocycles. The van der Waals surface area contributed by atoms with Crippen LogP contribution in [0.15, 0.2) is 39.5 Å². The second-order valence-corrected chi connectivity index (χ2v) is 7.62. The van der Waals surface area contributed by atoms with Gasteiger partial charge in [0.15, 0.2) is 23.0 Å². The third kappa shape index (κ3) is 5.86. The third-order valence-corrected chi connectivity index (χ3v) is 5.12. The van der Waals surface area contributed by atoms with Crippen LogP contribution in [-0.4, -0.2) is 39.3 Å². The molecule has 0 atom stereocenters. The Morgan fingerprint density at radius 3 is 2.60 bits per heavy atom. The smallest absolute Gasteiger partial charge is 0.407 e. The van der Waals surface area contributed by atoms with Gasteiger partial charge in [0.1, 0.15) is 0 Å². The van der Waals surface area contributed by atoms with Crippen LogP contribution in [0.5, 0.6) is 0 Å². The number of aromatic nitrogens is 1. The molecule has 0 aliphatic rings. The molecular weight excluding hydrogens is 473 g/mol. The van der Waals surface area contributed by atoms with Crippen LogP contribution in [0.3, 0.4) is 0 Å². The zero-order chi connectivity index (χ0) is 25.7. The molecule has 3 aromatic rings. The predicted molar refractivity (Wildman–Crippen MR) is 118 cm³/mol. The number of carbonyl (C=O) groups is 2. The lowest BCUT2D eigenvalue weighted by Crippen LogP contribution is -2.38. The Morgan fingerprint density at radius 2 is 1.91 bits per heavy atom. The molecule has 35 heavy (non-hydrogen) atoms. The van der Waals surface area contributed by atoms with Crippen molar-refractivity contribution in [1.82, 2.24) is 9.47 Å². The highest BCUT2D eigenvalue weighted by molar-refractivity contribution is 5.94. The summed E-state index contributed by atoms with van der Waals surface area (Å²) < 4.78 is 46.5. The van der Waals surface area contributed by atoms with Gasteiger partial charge in [0, 0.05) is 25.6 Å². The molecule has 0 bridgehead atoms. The molecule has 3 rings (SSSR count). The van der Waals surface area contributed by atoms with Gasteiger partial charge in [-0.05, 0) is 31.0 Å². The second kappa shape index (κ2) is 10.8. The van der Waals surface area contributed by atoms with Gasteiger partial charge in [-0.3, -0.25) is 24.3 Å². The van der Waals surface area contributed by atoms with Crippen molar-refractivity contribution in [3.63, 3.8) is 0 Å². The van der Waals surface area contributed by atoms with Gasteiger partial charge in [0.05, 0.1) is 28.7 Å². The summed E-state index contributed by atoms with van der Waals surface area (Å²) in [7, 11) is 0. The fourth-order valence-corrected chi connectivity index (χ4v) is 3.47. The number of nitro benzene ring substituents is 1. The molecule has 0 radical (unpaired) electrons. The zero-order valence-electron chi connectivity index (χ0n) is 18.6. The van der Waals surface area contributed by atoms with Crippen molar-refractivity contribution in [2.75, 3.05) is 18.4 Å². The third-order valence-electron chi connectivity index (χ3n) is 5.12. The van der Waals surface area contributed by atoms with Crippen LogP contribution >= 0.6 is 0 Å². The normalized spacial score (nSPS) is 11.0. The number of hydrogen-bond acceptors (Lipinski definition) is 6. The van der Waals surface area contributed by atoms with E-state index in [0.717, 1.165) is 12.1 Å². The van der Waals surface area contributed by atoms with Crippen LogP contribution in [0, 0.1) is 27.6 Å². The molecule has 1 heterocycles. The van der Waals surface area contributed by atoms with Crippen LogP contribution in [0.1, 0.15) is 26.2 Å². The first-order valence-electron chi connectivity index (χ1n) is 10.6. The van der Waals surface area contributed by atoms with Crippen molar-refractivity contribution in [3.8, 4) is 0 Å². The highest BCUT2D eigenvalue weighted by Gasteiger charge is 2.20. The summed E-state index contributed by atoms with van der Waals surface area (Å²) in [6.45, 7) is 1.64. The van der Waals surface area contributed by atoms with Crippen LogP contribution in [-0.2, 0) is 16.1 Å². The molecule has 2 amide bonds. The number of fused-ring (bicyclic) bond motifs is 1. The zero-order valence-corrected chi connectivity index (χ0v) is 18.6. The summed E-state index contributed by atoms with van der Waals surface area (Å²) in [6.07, 6.45) is 0.673. The van der Waals surface area contributed by atoms with E-state index in [4.69, 9.17) is 4.42 Å². The Labute approximate surface area is 196 Å². The topological polar surface area (TPSA) is 128 Å². The van der Waals surface area contributed by atoms with E-state index in [9.17, 15) is 37.7 Å². The van der Waals surface area contributed by atoms with Gasteiger partial charge < -0.3 is 14.6 Å². The average Bonchev–Trinajstić information content (AvgIpc) is 3.13. The quantitative estimate of drug-likeness (QED) is 0.261. The Morgan fingerprint density at radius 1 is 1.17 bits per heavy atom. The maximum absolute atomic E-state index is 13.8. The number of carbonyl (C=O) groups excluding carboxylic acids is 2. The molecule has 0 fully saturated rings. The van der Waals surface area contributed by atoms with Crippen LogP contribution in [0.25, 0.3) is 11.1 Å². The lowest BCUT2D eigenvalue weighted by molar-refractivity contribution is -0.384. The van der Waals surface area contributed by atoms with E-state index in [1.807, 2.05) is 0 Å². The number of nitrogens with one attached hydrogen (secondary N) is 1. The van der Waals surface area contributed by atoms with E-state index in [0.29, 0.717) is 18.0 Å². The van der Waals surface area contributed by atoms with Gasteiger partial charge in [-0.1, -0.05) is 6.92 Å². The van der Waals surface area contributed by atoms with E-state index >= 15 is 0 Å². The molecule has 1 N–H and O–H groups in total. The van der Waals surface area contributed by atoms with Gasteiger partial charge in [0.25, 0.3) is 5.69 Å². The Kier molecular flexibility index (Phi) is 7.89. The summed E-state index contributed by atoms with van der Waals surface area (Å²) in [5.41, 5.74) is -0.398. The first-order chi connectivity index (χ1) is 16.6. The summed E-state index contributed by atoms with van der Waals surface area (Å²) in [4.78, 5) is 48.6. The number of non-ortho nitro benzene ring substituents is 1. The maximum Gasteiger partial charge on any atom is 0.419 e. The number of aryl methyl sites for hydroxylation is 1. The lowest BCUT2D eigenvalue weighted by atomic mass is 10.2. The molecule has 1 aromatic heterocycles. The average molecular weight is 494 g/mol. The molecule has 0 saturated carbocycles. The minimum absolute atomic E-state index is 0.0427. The summed E-state index contributed by atoms with van der Waals surface area (Å²) >= 11 is 0. The van der Waals surface area contributed by atoms with Crippen molar-refractivity contribution in [2.45, 2.75) is 32.7 Å². The summed E-state index contributed by atoms with van der Waals surface area (Å²) in [5, 5.41) is 13.0. The van der Waals surface area contributed by atoms with Gasteiger partial charge in [0.2, 0.25) is 11.8 Å². The van der Waals surface area contributed by atoms with E-state index in [2.05, 4.69) is 5.32 Å². The van der Waals surface area contributed by atoms with E-state index in [-0.39, 0.29) is 37.2 Å². The number of hydrogen-bond donors (Lipinski definition) is 1. The molecule has 2 aromatic carbocycles. The Bertz CT molecular complexity index is 1340. The molecule has 0 aliphatic heterocycles. The maximum atomic E-state index is 13.8. The largest absolute Gasteiger partial charge is 0.419 e. The summed E-state index contributed by atoms with van der Waals surface area (Å²) in [6, 6.07) is 5.29. The number of nitro groups is 1. The van der Waals surface area contributed by atoms with E-state index < -0.39 is 52.2 Å². The first-order valence-corrected chi connectivity index (χ1v) is 10.6. The van der Waals surface area contributed by atoms with Crippen LogP contribution in [0.2, 0.25) is 0 Å².